The first-order valence-electron chi connectivity index (χ1n) is 9.43. The third-order valence-electron chi connectivity index (χ3n) is 4.37. The van der Waals surface area contributed by atoms with Crippen LogP contribution in [0.4, 0.5) is 13.2 Å². The van der Waals surface area contributed by atoms with Crippen LogP contribution in [-0.4, -0.2) is 9.71 Å². The molecule has 9 heteroatoms. The van der Waals surface area contributed by atoms with E-state index in [9.17, 15) is 22.8 Å². The standard InChI is InChI=1S/C16H11F3N2O3.C7H7Br/c17-16(18,19)11-6-7-12-13(8-11)21(15(23)14(22)20-12)24-9-10-4-2-1-3-5-10;8-6-7-4-2-1-3-5-7/h1-8H,9H2,(H,20,22);1-5H,6H2. The predicted molar refractivity (Wildman–Crippen MR) is 120 cm³/mol. The third kappa shape index (κ3) is 5.88. The van der Waals surface area contributed by atoms with Gasteiger partial charge in [-0.3, -0.25) is 9.59 Å². The molecule has 1 N–H and O–H groups in total. The summed E-state index contributed by atoms with van der Waals surface area (Å²) >= 11 is 3.36. The van der Waals surface area contributed by atoms with Crippen molar-refractivity contribution in [1.29, 1.82) is 0 Å². The van der Waals surface area contributed by atoms with Gasteiger partial charge in [0.15, 0.2) is 0 Å². The zero-order valence-electron chi connectivity index (χ0n) is 16.6. The molecule has 0 fully saturated rings. The Morgan fingerprint density at radius 3 is 2.00 bits per heavy atom. The van der Waals surface area contributed by atoms with Crippen molar-refractivity contribution in [2.24, 2.45) is 0 Å². The molecule has 5 nitrogen and oxygen atoms in total. The van der Waals surface area contributed by atoms with Crippen molar-refractivity contribution in [3.05, 3.63) is 116 Å². The van der Waals surface area contributed by atoms with Gasteiger partial charge < -0.3 is 9.82 Å². The van der Waals surface area contributed by atoms with Crippen LogP contribution in [0.3, 0.4) is 0 Å². The number of hydrogen-bond donors (Lipinski definition) is 1. The molecule has 0 unspecified atom stereocenters. The zero-order valence-corrected chi connectivity index (χ0v) is 18.2. The lowest BCUT2D eigenvalue weighted by Crippen LogP contribution is -2.39. The summed E-state index contributed by atoms with van der Waals surface area (Å²) in [5.41, 5.74) is -1.07. The number of fused-ring (bicyclic) bond motifs is 1. The SMILES string of the molecule is BrCc1ccccc1.O=c1[nH]c2ccc(C(F)(F)F)cc2n(OCc2ccccc2)c1=O. The second-order valence-corrected chi connectivity index (χ2v) is 7.22. The van der Waals surface area contributed by atoms with Gasteiger partial charge >= 0.3 is 17.3 Å². The van der Waals surface area contributed by atoms with Crippen LogP contribution in [0, 0.1) is 0 Å². The smallest absolute Gasteiger partial charge is 0.405 e. The van der Waals surface area contributed by atoms with E-state index in [0.717, 1.165) is 23.5 Å². The number of nitrogens with one attached hydrogen (secondary N) is 1. The zero-order chi connectivity index (χ0) is 23.1. The van der Waals surface area contributed by atoms with E-state index in [-0.39, 0.29) is 17.6 Å². The van der Waals surface area contributed by atoms with E-state index < -0.39 is 22.9 Å². The summed E-state index contributed by atoms with van der Waals surface area (Å²) in [6, 6.07) is 21.7. The maximum absolute atomic E-state index is 12.9. The Hall–Kier alpha value is -3.33. The Bertz CT molecular complexity index is 1290. The molecule has 1 heterocycles. The molecule has 4 rings (SSSR count). The third-order valence-corrected chi connectivity index (χ3v) is 5.02. The van der Waals surface area contributed by atoms with Gasteiger partial charge in [-0.15, -0.1) is 4.73 Å². The van der Waals surface area contributed by atoms with Gasteiger partial charge in [0.25, 0.3) is 0 Å². The molecule has 3 aromatic carbocycles. The molecule has 0 saturated heterocycles. The highest BCUT2D eigenvalue weighted by atomic mass is 79.9. The minimum Gasteiger partial charge on any atom is -0.405 e. The van der Waals surface area contributed by atoms with E-state index in [1.807, 2.05) is 18.2 Å². The Labute approximate surface area is 189 Å². The maximum atomic E-state index is 12.9. The monoisotopic (exact) mass is 506 g/mol. The molecule has 0 amide bonds. The number of nitrogens with zero attached hydrogens (tertiary/aromatic N) is 1. The van der Waals surface area contributed by atoms with Crippen molar-refractivity contribution in [2.75, 3.05) is 0 Å². The molecular weight excluding hydrogens is 489 g/mol. The van der Waals surface area contributed by atoms with Crippen molar-refractivity contribution in [2.45, 2.75) is 18.1 Å². The van der Waals surface area contributed by atoms with E-state index in [4.69, 9.17) is 4.84 Å². The van der Waals surface area contributed by atoms with E-state index in [1.165, 1.54) is 5.56 Å². The molecule has 0 radical (unpaired) electrons. The Balaban J connectivity index is 0.000000305. The van der Waals surface area contributed by atoms with Crippen molar-refractivity contribution in [1.82, 2.24) is 9.71 Å². The molecule has 32 heavy (non-hydrogen) atoms. The number of hydrogen-bond acceptors (Lipinski definition) is 3. The lowest BCUT2D eigenvalue weighted by Gasteiger charge is -2.13. The minimum atomic E-state index is -4.58. The molecule has 0 saturated carbocycles. The summed E-state index contributed by atoms with van der Waals surface area (Å²) in [5, 5.41) is 0.952. The van der Waals surface area contributed by atoms with Crippen LogP contribution in [0.1, 0.15) is 16.7 Å². The van der Waals surface area contributed by atoms with Gasteiger partial charge in [-0.05, 0) is 29.3 Å². The van der Waals surface area contributed by atoms with Crippen molar-refractivity contribution in [3.63, 3.8) is 0 Å². The van der Waals surface area contributed by atoms with Crippen molar-refractivity contribution < 1.29 is 18.0 Å². The molecule has 1 aromatic heterocycles. The maximum Gasteiger partial charge on any atom is 0.416 e. The summed E-state index contributed by atoms with van der Waals surface area (Å²) < 4.78 is 39.2. The Morgan fingerprint density at radius 1 is 0.875 bits per heavy atom. The molecule has 0 bridgehead atoms. The average Bonchev–Trinajstić information content (AvgIpc) is 2.80. The topological polar surface area (TPSA) is 64.1 Å². The molecule has 0 aliphatic rings. The molecule has 0 spiro atoms. The van der Waals surface area contributed by atoms with Gasteiger partial charge in [-0.1, -0.05) is 76.6 Å². The van der Waals surface area contributed by atoms with Crippen LogP contribution in [-0.2, 0) is 18.1 Å². The summed E-state index contributed by atoms with van der Waals surface area (Å²) in [6.07, 6.45) is -4.58. The summed E-state index contributed by atoms with van der Waals surface area (Å²) in [5.74, 6) is 0. The van der Waals surface area contributed by atoms with Crippen LogP contribution < -0.4 is 16.0 Å². The lowest BCUT2D eigenvalue weighted by atomic mass is 10.2. The van der Waals surface area contributed by atoms with Crippen LogP contribution in [0.2, 0.25) is 0 Å². The minimum absolute atomic E-state index is 0.0701. The first kappa shape index (κ1) is 23.3. The highest BCUT2D eigenvalue weighted by molar-refractivity contribution is 9.08. The first-order chi connectivity index (χ1) is 15.3. The van der Waals surface area contributed by atoms with Crippen LogP contribution in [0.15, 0.2) is 88.5 Å². The fourth-order valence-electron chi connectivity index (χ4n) is 2.77. The van der Waals surface area contributed by atoms with Gasteiger partial charge in [0.05, 0.1) is 11.1 Å². The second-order valence-electron chi connectivity index (χ2n) is 6.66. The van der Waals surface area contributed by atoms with Gasteiger partial charge in [0.2, 0.25) is 0 Å². The van der Waals surface area contributed by atoms with Gasteiger partial charge in [-0.2, -0.15) is 13.2 Å². The van der Waals surface area contributed by atoms with E-state index in [1.54, 1.807) is 30.3 Å². The molecule has 0 aliphatic heterocycles. The molecule has 4 aromatic rings. The number of aromatic nitrogens is 2. The summed E-state index contributed by atoms with van der Waals surface area (Å²) in [4.78, 5) is 31.2. The molecule has 0 atom stereocenters. The highest BCUT2D eigenvalue weighted by Crippen LogP contribution is 2.30. The number of halogens is 4. The molecule has 0 aliphatic carbocycles. The van der Waals surface area contributed by atoms with Crippen LogP contribution >= 0.6 is 15.9 Å². The fraction of sp³-hybridized carbons (Fsp3) is 0.130. The van der Waals surface area contributed by atoms with Gasteiger partial charge in [-0.25, -0.2) is 0 Å². The van der Waals surface area contributed by atoms with Gasteiger partial charge in [0.1, 0.15) is 12.1 Å². The van der Waals surface area contributed by atoms with Crippen molar-refractivity contribution >= 4 is 27.0 Å². The first-order valence-corrected chi connectivity index (χ1v) is 10.5. The quantitative estimate of drug-likeness (QED) is 0.315. The largest absolute Gasteiger partial charge is 0.416 e. The lowest BCUT2D eigenvalue weighted by molar-refractivity contribution is -0.137. The summed E-state index contributed by atoms with van der Waals surface area (Å²) in [6.45, 7) is -0.0739. The Kier molecular flexibility index (Phi) is 7.53. The van der Waals surface area contributed by atoms with E-state index >= 15 is 0 Å². The van der Waals surface area contributed by atoms with E-state index in [0.29, 0.717) is 10.3 Å². The number of alkyl halides is 4. The highest BCUT2D eigenvalue weighted by Gasteiger charge is 2.31. The number of benzene rings is 3. The normalized spacial score (nSPS) is 11.0. The fourth-order valence-corrected chi connectivity index (χ4v) is 3.14. The summed E-state index contributed by atoms with van der Waals surface area (Å²) in [7, 11) is 0. The molecular formula is C23H18BrF3N2O3. The van der Waals surface area contributed by atoms with Crippen LogP contribution in [0.25, 0.3) is 11.0 Å². The van der Waals surface area contributed by atoms with Gasteiger partial charge in [0, 0.05) is 5.33 Å². The van der Waals surface area contributed by atoms with Crippen LogP contribution in [0.5, 0.6) is 0 Å². The number of rotatable bonds is 4. The van der Waals surface area contributed by atoms with Crippen molar-refractivity contribution in [3.8, 4) is 0 Å². The predicted octanol–water partition coefficient (Wildman–Crippen LogP) is 4.92. The number of aromatic amines is 1. The van der Waals surface area contributed by atoms with E-state index in [2.05, 4.69) is 33.0 Å². The number of H-pyrrole nitrogens is 1. The second kappa shape index (κ2) is 10.3. The Morgan fingerprint density at radius 2 is 1.47 bits per heavy atom. The average molecular weight is 507 g/mol. The molecule has 166 valence electrons.